The summed E-state index contributed by atoms with van der Waals surface area (Å²) in [5.41, 5.74) is 0.763. The zero-order valence-corrected chi connectivity index (χ0v) is 9.29. The van der Waals surface area contributed by atoms with E-state index in [1.54, 1.807) is 6.07 Å². The summed E-state index contributed by atoms with van der Waals surface area (Å²) < 4.78 is 13.3. The molecule has 0 bridgehead atoms. The Hall–Kier alpha value is -1.22. The summed E-state index contributed by atoms with van der Waals surface area (Å²) >= 11 is 0. The normalized spacial score (nSPS) is 17.7. The van der Waals surface area contributed by atoms with Crippen molar-refractivity contribution >= 4 is 5.78 Å². The number of hydrogen-bond acceptors (Lipinski definition) is 2. The maximum absolute atomic E-state index is 13.3. The molecule has 0 atom stereocenters. The van der Waals surface area contributed by atoms with E-state index in [1.165, 1.54) is 6.07 Å². The van der Waals surface area contributed by atoms with Crippen molar-refractivity contribution in [2.75, 3.05) is 19.6 Å². The van der Waals surface area contributed by atoms with Crippen LogP contribution in [0.15, 0.2) is 24.3 Å². The molecule has 1 saturated heterocycles. The van der Waals surface area contributed by atoms with E-state index in [2.05, 4.69) is 4.90 Å². The fraction of sp³-hybridized carbons (Fsp3) is 0.462. The molecule has 0 radical (unpaired) electrons. The van der Waals surface area contributed by atoms with Crippen molar-refractivity contribution in [3.63, 3.8) is 0 Å². The van der Waals surface area contributed by atoms with Gasteiger partial charge in [0.25, 0.3) is 0 Å². The number of piperidine rings is 1. The maximum Gasteiger partial charge on any atom is 0.135 e. The zero-order valence-electron chi connectivity index (χ0n) is 9.29. The van der Waals surface area contributed by atoms with Crippen LogP contribution in [-0.2, 0) is 11.2 Å². The Bertz CT molecular complexity index is 368. The third-order valence-corrected chi connectivity index (χ3v) is 3.07. The molecule has 0 aromatic heterocycles. The molecule has 0 saturated carbocycles. The van der Waals surface area contributed by atoms with E-state index in [4.69, 9.17) is 0 Å². The lowest BCUT2D eigenvalue weighted by molar-refractivity contribution is -0.121. The summed E-state index contributed by atoms with van der Waals surface area (Å²) in [7, 11) is 0. The Labute approximate surface area is 95.1 Å². The highest BCUT2D eigenvalue weighted by Gasteiger charge is 2.15. The van der Waals surface area contributed by atoms with E-state index in [0.717, 1.165) is 31.6 Å². The van der Waals surface area contributed by atoms with Crippen LogP contribution in [0.25, 0.3) is 0 Å². The van der Waals surface area contributed by atoms with Crippen molar-refractivity contribution in [3.8, 4) is 0 Å². The highest BCUT2D eigenvalue weighted by atomic mass is 19.1. The van der Waals surface area contributed by atoms with Gasteiger partial charge in [0, 0.05) is 32.5 Å². The smallest absolute Gasteiger partial charge is 0.135 e. The van der Waals surface area contributed by atoms with Gasteiger partial charge in [-0.1, -0.05) is 18.2 Å². The largest absolute Gasteiger partial charge is 0.302 e. The minimum Gasteiger partial charge on any atom is -0.302 e. The minimum absolute atomic E-state index is 0.129. The van der Waals surface area contributed by atoms with Gasteiger partial charge in [-0.2, -0.15) is 0 Å². The first kappa shape index (κ1) is 11.3. The maximum atomic E-state index is 13.3. The number of carbonyl (C=O) groups excluding carboxylic acids is 1. The topological polar surface area (TPSA) is 20.3 Å². The van der Waals surface area contributed by atoms with Crippen LogP contribution in [0, 0.1) is 5.82 Å². The first-order chi connectivity index (χ1) is 7.75. The first-order valence-electron chi connectivity index (χ1n) is 5.73. The average Bonchev–Trinajstić information content (AvgIpc) is 2.30. The first-order valence-corrected chi connectivity index (χ1v) is 5.73. The molecule has 3 heteroatoms. The Kier molecular flexibility index (Phi) is 3.67. The van der Waals surface area contributed by atoms with E-state index in [9.17, 15) is 9.18 Å². The van der Waals surface area contributed by atoms with Crippen LogP contribution in [0.3, 0.4) is 0 Å². The average molecular weight is 221 g/mol. The van der Waals surface area contributed by atoms with E-state index < -0.39 is 0 Å². The fourth-order valence-electron chi connectivity index (χ4n) is 2.01. The summed E-state index contributed by atoms with van der Waals surface area (Å²) in [6, 6.07) is 6.88. The molecule has 0 aliphatic carbocycles. The standard InChI is InChI=1S/C13H16FNO/c14-13-4-2-1-3-11(13)5-8-15-9-6-12(16)7-10-15/h1-4H,5-10H2. The van der Waals surface area contributed by atoms with Crippen molar-refractivity contribution in [2.24, 2.45) is 0 Å². The molecule has 0 amide bonds. The van der Waals surface area contributed by atoms with Crippen molar-refractivity contribution in [3.05, 3.63) is 35.6 Å². The van der Waals surface area contributed by atoms with Gasteiger partial charge in [0.15, 0.2) is 0 Å². The van der Waals surface area contributed by atoms with Gasteiger partial charge >= 0.3 is 0 Å². The lowest BCUT2D eigenvalue weighted by Crippen LogP contribution is -2.35. The van der Waals surface area contributed by atoms with Crippen LogP contribution in [0.4, 0.5) is 4.39 Å². The van der Waals surface area contributed by atoms with Crippen molar-refractivity contribution in [2.45, 2.75) is 19.3 Å². The number of hydrogen-bond donors (Lipinski definition) is 0. The van der Waals surface area contributed by atoms with Crippen molar-refractivity contribution < 1.29 is 9.18 Å². The predicted octanol–water partition coefficient (Wildman–Crippen LogP) is 2.03. The molecule has 2 rings (SSSR count). The number of Topliss-reactive ketones (excluding diaryl/α,β-unsaturated/α-hetero) is 1. The Morgan fingerprint density at radius 3 is 2.56 bits per heavy atom. The highest BCUT2D eigenvalue weighted by Crippen LogP contribution is 2.10. The van der Waals surface area contributed by atoms with Gasteiger partial charge < -0.3 is 4.90 Å². The van der Waals surface area contributed by atoms with Gasteiger partial charge in [-0.3, -0.25) is 4.79 Å². The molecular formula is C13H16FNO. The van der Waals surface area contributed by atoms with Crippen LogP contribution < -0.4 is 0 Å². The second-order valence-electron chi connectivity index (χ2n) is 4.22. The molecule has 1 aliphatic rings. The van der Waals surface area contributed by atoms with Crippen LogP contribution in [-0.4, -0.2) is 30.3 Å². The van der Waals surface area contributed by atoms with Crippen LogP contribution in [0.5, 0.6) is 0 Å². The monoisotopic (exact) mass is 221 g/mol. The third-order valence-electron chi connectivity index (χ3n) is 3.07. The second kappa shape index (κ2) is 5.21. The Balaban J connectivity index is 1.84. The number of nitrogens with zero attached hydrogens (tertiary/aromatic N) is 1. The molecular weight excluding hydrogens is 205 g/mol. The summed E-state index contributed by atoms with van der Waals surface area (Å²) in [4.78, 5) is 13.3. The summed E-state index contributed by atoms with van der Waals surface area (Å²) in [6.45, 7) is 2.49. The Morgan fingerprint density at radius 1 is 1.19 bits per heavy atom. The van der Waals surface area contributed by atoms with E-state index >= 15 is 0 Å². The molecule has 1 aromatic rings. The quantitative estimate of drug-likeness (QED) is 0.778. The van der Waals surface area contributed by atoms with Gasteiger partial charge in [0.1, 0.15) is 11.6 Å². The number of likely N-dealkylation sites (tertiary alicyclic amines) is 1. The van der Waals surface area contributed by atoms with Crippen molar-refractivity contribution in [1.29, 1.82) is 0 Å². The highest BCUT2D eigenvalue weighted by molar-refractivity contribution is 5.79. The van der Waals surface area contributed by atoms with E-state index in [-0.39, 0.29) is 5.82 Å². The molecule has 1 fully saturated rings. The lowest BCUT2D eigenvalue weighted by atomic mass is 10.1. The number of carbonyl (C=O) groups is 1. The third kappa shape index (κ3) is 2.89. The lowest BCUT2D eigenvalue weighted by Gasteiger charge is -2.25. The molecule has 1 aromatic carbocycles. The molecule has 0 spiro atoms. The molecule has 0 N–H and O–H groups in total. The van der Waals surface area contributed by atoms with Gasteiger partial charge in [-0.25, -0.2) is 4.39 Å². The number of rotatable bonds is 3. The van der Waals surface area contributed by atoms with Gasteiger partial charge in [0.2, 0.25) is 0 Å². The molecule has 0 unspecified atom stereocenters. The second-order valence-corrected chi connectivity index (χ2v) is 4.22. The molecule has 2 nitrogen and oxygen atoms in total. The van der Waals surface area contributed by atoms with Gasteiger partial charge in [-0.05, 0) is 18.1 Å². The Morgan fingerprint density at radius 2 is 1.88 bits per heavy atom. The van der Waals surface area contributed by atoms with Crippen LogP contribution in [0.1, 0.15) is 18.4 Å². The molecule has 1 heterocycles. The van der Waals surface area contributed by atoms with Crippen LogP contribution >= 0.6 is 0 Å². The summed E-state index contributed by atoms with van der Waals surface area (Å²) in [6.07, 6.45) is 2.02. The molecule has 86 valence electrons. The zero-order chi connectivity index (χ0) is 11.4. The number of halogens is 1. The summed E-state index contributed by atoms with van der Waals surface area (Å²) in [5, 5.41) is 0. The van der Waals surface area contributed by atoms with Crippen molar-refractivity contribution in [1.82, 2.24) is 4.90 Å². The molecule has 16 heavy (non-hydrogen) atoms. The predicted molar refractivity (Wildman–Crippen MR) is 60.8 cm³/mol. The molecule has 1 aliphatic heterocycles. The van der Waals surface area contributed by atoms with E-state index in [0.29, 0.717) is 18.6 Å². The number of ketones is 1. The van der Waals surface area contributed by atoms with Gasteiger partial charge in [-0.15, -0.1) is 0 Å². The van der Waals surface area contributed by atoms with E-state index in [1.807, 2.05) is 12.1 Å². The minimum atomic E-state index is -0.129. The van der Waals surface area contributed by atoms with Crippen LogP contribution in [0.2, 0.25) is 0 Å². The summed E-state index contributed by atoms with van der Waals surface area (Å²) in [5.74, 6) is 0.220. The number of benzene rings is 1. The fourth-order valence-corrected chi connectivity index (χ4v) is 2.01. The SMILES string of the molecule is O=C1CCN(CCc2ccccc2F)CC1. The van der Waals surface area contributed by atoms with Gasteiger partial charge in [0.05, 0.1) is 0 Å².